The van der Waals surface area contributed by atoms with Gasteiger partial charge >= 0.3 is 5.97 Å². The Kier molecular flexibility index (Phi) is 3.11. The smallest absolute Gasteiger partial charge is 0.338 e. The van der Waals surface area contributed by atoms with Gasteiger partial charge in [0.25, 0.3) is 0 Å². The number of carbonyl (C=O) groups is 1. The third-order valence-corrected chi connectivity index (χ3v) is 3.48. The van der Waals surface area contributed by atoms with Gasteiger partial charge in [-0.15, -0.1) is 0 Å². The Balaban J connectivity index is 2.14. The largest absolute Gasteiger partial charge is 0.462 e. The zero-order valence-corrected chi connectivity index (χ0v) is 11.2. The van der Waals surface area contributed by atoms with E-state index in [9.17, 15) is 10.1 Å². The zero-order chi connectivity index (χ0) is 14.1. The molecule has 0 unspecified atom stereocenters. The van der Waals surface area contributed by atoms with Gasteiger partial charge in [0.15, 0.2) is 0 Å². The van der Waals surface area contributed by atoms with E-state index < -0.39 is 5.97 Å². The average Bonchev–Trinajstić information content (AvgIpc) is 3.30. The summed E-state index contributed by atoms with van der Waals surface area (Å²) in [4.78, 5) is 16.2. The van der Waals surface area contributed by atoms with Gasteiger partial charge in [0, 0.05) is 11.6 Å². The third-order valence-electron chi connectivity index (χ3n) is 3.48. The molecule has 0 bridgehead atoms. The molecule has 1 aliphatic rings. The summed E-state index contributed by atoms with van der Waals surface area (Å²) in [7, 11) is 0. The normalized spacial score (nSPS) is 14.0. The van der Waals surface area contributed by atoms with Crippen LogP contribution in [0.4, 0.5) is 0 Å². The third kappa shape index (κ3) is 2.23. The second-order valence-electron chi connectivity index (χ2n) is 4.97. The first-order chi connectivity index (χ1) is 9.72. The fourth-order valence-electron chi connectivity index (χ4n) is 2.32. The van der Waals surface area contributed by atoms with Gasteiger partial charge in [-0.3, -0.25) is 4.98 Å². The van der Waals surface area contributed by atoms with E-state index in [4.69, 9.17) is 4.74 Å². The van der Waals surface area contributed by atoms with Gasteiger partial charge in [0.2, 0.25) is 0 Å². The topological polar surface area (TPSA) is 63.0 Å². The summed E-state index contributed by atoms with van der Waals surface area (Å²) in [6.45, 7) is 2.08. The van der Waals surface area contributed by atoms with Crippen molar-refractivity contribution >= 4 is 16.9 Å². The zero-order valence-electron chi connectivity index (χ0n) is 11.2. The molecule has 20 heavy (non-hydrogen) atoms. The number of rotatable bonds is 3. The van der Waals surface area contributed by atoms with Crippen LogP contribution in [0.5, 0.6) is 0 Å². The molecule has 3 rings (SSSR count). The number of hydrogen-bond donors (Lipinski definition) is 0. The van der Waals surface area contributed by atoms with Crippen molar-refractivity contribution < 1.29 is 9.53 Å². The van der Waals surface area contributed by atoms with Gasteiger partial charge in [-0.1, -0.05) is 0 Å². The maximum atomic E-state index is 11.8. The van der Waals surface area contributed by atoms with Gasteiger partial charge in [-0.25, -0.2) is 4.79 Å². The molecule has 1 heterocycles. The molecule has 1 saturated carbocycles. The van der Waals surface area contributed by atoms with Gasteiger partial charge < -0.3 is 4.74 Å². The molecule has 1 fully saturated rings. The summed E-state index contributed by atoms with van der Waals surface area (Å²) in [6, 6.07) is 7.44. The van der Waals surface area contributed by atoms with Crippen molar-refractivity contribution in [1.29, 1.82) is 5.26 Å². The van der Waals surface area contributed by atoms with Crippen molar-refractivity contribution in [3.05, 3.63) is 41.1 Å². The number of esters is 1. The summed E-state index contributed by atoms with van der Waals surface area (Å²) >= 11 is 0. The lowest BCUT2D eigenvalue weighted by Crippen LogP contribution is -2.05. The van der Waals surface area contributed by atoms with E-state index in [0.29, 0.717) is 29.2 Å². The molecule has 0 spiro atoms. The highest BCUT2D eigenvalue weighted by Crippen LogP contribution is 2.40. The van der Waals surface area contributed by atoms with Crippen molar-refractivity contribution in [2.45, 2.75) is 25.7 Å². The Morgan fingerprint density at radius 2 is 2.25 bits per heavy atom. The van der Waals surface area contributed by atoms with E-state index in [0.717, 1.165) is 5.39 Å². The number of aromatic nitrogens is 1. The number of carbonyl (C=O) groups excluding carboxylic acids is 1. The molecule has 0 aliphatic heterocycles. The van der Waals surface area contributed by atoms with Crippen LogP contribution in [0.25, 0.3) is 10.9 Å². The summed E-state index contributed by atoms with van der Waals surface area (Å²) in [5.41, 5.74) is 2.64. The number of pyridine rings is 1. The molecule has 0 atom stereocenters. The van der Waals surface area contributed by atoms with Crippen molar-refractivity contribution in [1.82, 2.24) is 4.98 Å². The van der Waals surface area contributed by atoms with Gasteiger partial charge in [0.1, 0.15) is 6.07 Å². The summed E-state index contributed by atoms with van der Waals surface area (Å²) < 4.78 is 5.00. The van der Waals surface area contributed by atoms with Crippen molar-refractivity contribution in [2.24, 2.45) is 0 Å². The summed E-state index contributed by atoms with van der Waals surface area (Å²) in [6.07, 6.45) is 4.22. The van der Waals surface area contributed by atoms with Gasteiger partial charge in [0.05, 0.1) is 23.3 Å². The summed E-state index contributed by atoms with van der Waals surface area (Å²) in [5, 5.41) is 10.1. The van der Waals surface area contributed by atoms with Crippen LogP contribution in [-0.2, 0) is 4.74 Å². The molecule has 0 N–H and O–H groups in total. The minimum absolute atomic E-state index is 0.319. The first-order valence-electron chi connectivity index (χ1n) is 6.74. The van der Waals surface area contributed by atoms with Crippen LogP contribution >= 0.6 is 0 Å². The van der Waals surface area contributed by atoms with Crippen LogP contribution in [0.15, 0.2) is 24.4 Å². The minimum atomic E-state index is -0.400. The lowest BCUT2D eigenvalue weighted by Gasteiger charge is -2.06. The molecule has 100 valence electrons. The van der Waals surface area contributed by atoms with Crippen molar-refractivity contribution in [2.75, 3.05) is 6.61 Å². The van der Waals surface area contributed by atoms with E-state index in [1.165, 1.54) is 18.4 Å². The molecule has 1 aromatic carbocycles. The standard InChI is InChI=1S/C16H14N2O2/c1-2-20-16(19)12-5-11-6-14(10-3-4-10)9-18-15(11)13(7-12)8-17/h5-7,9-10H,2-4H2,1H3. The first-order valence-corrected chi connectivity index (χ1v) is 6.74. The van der Waals surface area contributed by atoms with E-state index in [-0.39, 0.29) is 0 Å². The predicted octanol–water partition coefficient (Wildman–Crippen LogP) is 3.16. The maximum Gasteiger partial charge on any atom is 0.338 e. The number of nitrogens with zero attached hydrogens (tertiary/aromatic N) is 2. The second kappa shape index (κ2) is 4.93. The Labute approximate surface area is 117 Å². The fraction of sp³-hybridized carbons (Fsp3) is 0.312. The number of hydrogen-bond acceptors (Lipinski definition) is 4. The summed E-state index contributed by atoms with van der Waals surface area (Å²) in [5.74, 6) is 0.186. The molecule has 1 aliphatic carbocycles. The van der Waals surface area contributed by atoms with E-state index >= 15 is 0 Å². The second-order valence-corrected chi connectivity index (χ2v) is 4.97. The van der Waals surface area contributed by atoms with Crippen molar-refractivity contribution in [3.8, 4) is 6.07 Å². The van der Waals surface area contributed by atoms with Crippen LogP contribution in [-0.4, -0.2) is 17.6 Å². The molecule has 0 amide bonds. The molecule has 1 aromatic heterocycles. The monoisotopic (exact) mass is 266 g/mol. The molecule has 4 heteroatoms. The van der Waals surface area contributed by atoms with E-state index in [1.807, 2.05) is 12.3 Å². The first kappa shape index (κ1) is 12.6. The number of benzene rings is 1. The van der Waals surface area contributed by atoms with Crippen LogP contribution in [0.1, 0.15) is 47.2 Å². The van der Waals surface area contributed by atoms with E-state index in [1.54, 1.807) is 19.1 Å². The SMILES string of the molecule is CCOC(=O)c1cc(C#N)c2ncc(C3CC3)cc2c1. The van der Waals surface area contributed by atoms with Crippen LogP contribution in [0.3, 0.4) is 0 Å². The molecule has 0 saturated heterocycles. The number of nitriles is 1. The lowest BCUT2D eigenvalue weighted by atomic mass is 10.0. The Morgan fingerprint density at radius 3 is 2.90 bits per heavy atom. The highest BCUT2D eigenvalue weighted by molar-refractivity contribution is 5.96. The Bertz CT molecular complexity index is 727. The van der Waals surface area contributed by atoms with Crippen molar-refractivity contribution in [3.63, 3.8) is 0 Å². The Morgan fingerprint density at radius 1 is 1.45 bits per heavy atom. The van der Waals surface area contributed by atoms with E-state index in [2.05, 4.69) is 11.1 Å². The minimum Gasteiger partial charge on any atom is -0.462 e. The maximum absolute atomic E-state index is 11.8. The fourth-order valence-corrected chi connectivity index (χ4v) is 2.32. The van der Waals surface area contributed by atoms with Crippen LogP contribution < -0.4 is 0 Å². The predicted molar refractivity (Wildman–Crippen MR) is 74.4 cm³/mol. The molecule has 0 radical (unpaired) electrons. The average molecular weight is 266 g/mol. The lowest BCUT2D eigenvalue weighted by molar-refractivity contribution is 0.0526. The highest BCUT2D eigenvalue weighted by atomic mass is 16.5. The highest BCUT2D eigenvalue weighted by Gasteiger charge is 2.24. The molecular formula is C16H14N2O2. The number of fused-ring (bicyclic) bond motifs is 1. The number of ether oxygens (including phenoxy) is 1. The Hall–Kier alpha value is -2.41. The van der Waals surface area contributed by atoms with Gasteiger partial charge in [-0.2, -0.15) is 5.26 Å². The van der Waals surface area contributed by atoms with Crippen LogP contribution in [0, 0.1) is 11.3 Å². The molecule has 2 aromatic rings. The quantitative estimate of drug-likeness (QED) is 0.800. The van der Waals surface area contributed by atoms with Gasteiger partial charge in [-0.05, 0) is 49.4 Å². The molecular weight excluding hydrogens is 252 g/mol. The van der Waals surface area contributed by atoms with Crippen LogP contribution in [0.2, 0.25) is 0 Å². The molecule has 4 nitrogen and oxygen atoms in total.